The minimum Gasteiger partial charge on any atom is -0.504 e. The Morgan fingerprint density at radius 2 is 1.65 bits per heavy atom. The number of sulfonamides is 1. The van der Waals surface area contributed by atoms with Crippen LogP contribution in [0.3, 0.4) is 0 Å². The molecule has 2 aromatic heterocycles. The first-order valence-electron chi connectivity index (χ1n) is 14.3. The summed E-state index contributed by atoms with van der Waals surface area (Å²) in [7, 11) is -2.80. The molecule has 3 aromatic carbocycles. The maximum Gasteiger partial charge on any atom is 0.422 e. The Morgan fingerprint density at radius 3 is 2.33 bits per heavy atom. The number of H-pyrrole nitrogens is 1. The highest BCUT2D eigenvalue weighted by Crippen LogP contribution is 2.50. The Hall–Kier alpha value is -5.19. The fourth-order valence-electron chi connectivity index (χ4n) is 5.32. The second-order valence-electron chi connectivity index (χ2n) is 10.9. The van der Waals surface area contributed by atoms with E-state index >= 15 is 0 Å². The number of alkyl halides is 6. The number of methoxy groups -OCH3 is 1. The highest BCUT2D eigenvalue weighted by atomic mass is 32.2. The molecule has 0 atom stereocenters. The molecular formula is C32H27F6N3O7S. The number of nitrogens with zero attached hydrogens (tertiary/aromatic N) is 1. The minimum atomic E-state index is -4.79. The third-order valence-electron chi connectivity index (χ3n) is 7.20. The van der Waals surface area contributed by atoms with Gasteiger partial charge in [-0.25, -0.2) is 8.42 Å². The van der Waals surface area contributed by atoms with E-state index in [1.165, 1.54) is 50.6 Å². The molecule has 1 amide bonds. The molecule has 0 fully saturated rings. The van der Waals surface area contributed by atoms with Gasteiger partial charge in [-0.05, 0) is 36.2 Å². The average molecular weight is 712 g/mol. The lowest BCUT2D eigenvalue weighted by atomic mass is 9.98. The normalized spacial score (nSPS) is 12.3. The predicted molar refractivity (Wildman–Crippen MR) is 166 cm³/mol. The molecule has 0 saturated carbocycles. The van der Waals surface area contributed by atoms with E-state index in [0.717, 1.165) is 0 Å². The van der Waals surface area contributed by atoms with Gasteiger partial charge in [0.15, 0.2) is 24.7 Å². The highest BCUT2D eigenvalue weighted by molar-refractivity contribution is 7.89. The number of nitrogens with one attached hydrogen (secondary N) is 2. The van der Waals surface area contributed by atoms with Crippen molar-refractivity contribution in [2.75, 3.05) is 20.3 Å². The van der Waals surface area contributed by atoms with Crippen LogP contribution in [0.5, 0.6) is 23.1 Å². The van der Waals surface area contributed by atoms with Crippen LogP contribution in [0, 0.1) is 6.92 Å². The number of ether oxygens (including phenoxy) is 3. The van der Waals surface area contributed by atoms with Crippen LogP contribution in [0.1, 0.15) is 16.7 Å². The summed E-state index contributed by atoms with van der Waals surface area (Å²) in [6.07, 6.45) is -8.59. The van der Waals surface area contributed by atoms with E-state index in [1.807, 2.05) is 4.72 Å². The van der Waals surface area contributed by atoms with Crippen molar-refractivity contribution < 1.29 is 58.9 Å². The summed E-state index contributed by atoms with van der Waals surface area (Å²) >= 11 is 0. The Balaban J connectivity index is 1.53. The number of aryl methyl sites for hydroxylation is 1. The van der Waals surface area contributed by atoms with Crippen molar-refractivity contribution in [2.24, 2.45) is 0 Å². The topological polar surface area (TPSA) is 140 Å². The van der Waals surface area contributed by atoms with Crippen molar-refractivity contribution in [3.05, 3.63) is 77.5 Å². The van der Waals surface area contributed by atoms with Crippen LogP contribution in [0.2, 0.25) is 0 Å². The molecule has 5 rings (SSSR count). The Bertz CT molecular complexity index is 2150. The smallest absolute Gasteiger partial charge is 0.422 e. The maximum absolute atomic E-state index is 13.2. The fraction of sp³-hybridized carbons (Fsp3) is 0.250. The zero-order valence-corrected chi connectivity index (χ0v) is 26.4. The molecule has 0 bridgehead atoms. The van der Waals surface area contributed by atoms with Crippen LogP contribution in [0.4, 0.5) is 26.3 Å². The molecule has 5 aromatic rings. The van der Waals surface area contributed by atoms with Crippen LogP contribution in [0.15, 0.2) is 60.8 Å². The van der Waals surface area contributed by atoms with E-state index in [1.54, 1.807) is 24.3 Å². The number of para-hydroxylation sites is 1. The number of hydrogen-bond acceptors (Lipinski definition) is 8. The van der Waals surface area contributed by atoms with E-state index in [0.29, 0.717) is 16.9 Å². The summed E-state index contributed by atoms with van der Waals surface area (Å²) in [5.41, 5.74) is 1.07. The Kier molecular flexibility index (Phi) is 9.59. The predicted octanol–water partition coefficient (Wildman–Crippen LogP) is 6.48. The molecule has 0 aliphatic heterocycles. The molecule has 0 saturated heterocycles. The summed E-state index contributed by atoms with van der Waals surface area (Å²) < 4.78 is 122. The van der Waals surface area contributed by atoms with Gasteiger partial charge in [0.1, 0.15) is 5.75 Å². The van der Waals surface area contributed by atoms with Crippen LogP contribution in [-0.4, -0.2) is 62.1 Å². The summed E-state index contributed by atoms with van der Waals surface area (Å²) in [4.78, 5) is 19.4. The molecule has 260 valence electrons. The van der Waals surface area contributed by atoms with Crippen LogP contribution in [-0.2, 0) is 27.0 Å². The average Bonchev–Trinajstić information content (AvgIpc) is 3.38. The molecule has 0 aliphatic carbocycles. The molecule has 0 radical (unpaired) electrons. The largest absolute Gasteiger partial charge is 0.504 e. The van der Waals surface area contributed by atoms with Crippen LogP contribution < -0.4 is 18.9 Å². The number of aromatic amines is 1. The first-order valence-corrected chi connectivity index (χ1v) is 15.9. The van der Waals surface area contributed by atoms with Gasteiger partial charge in [-0.15, -0.1) is 0 Å². The third-order valence-corrected chi connectivity index (χ3v) is 8.45. The number of amides is 1. The zero-order chi connectivity index (χ0) is 35.7. The van der Waals surface area contributed by atoms with Gasteiger partial charge in [-0.2, -0.15) is 26.3 Å². The summed E-state index contributed by atoms with van der Waals surface area (Å²) in [5, 5.41) is 10.8. The number of halogens is 6. The van der Waals surface area contributed by atoms with Crippen molar-refractivity contribution in [1.82, 2.24) is 14.7 Å². The Morgan fingerprint density at radius 1 is 0.959 bits per heavy atom. The van der Waals surface area contributed by atoms with Gasteiger partial charge >= 0.3 is 12.4 Å². The molecule has 0 unspecified atom stereocenters. The van der Waals surface area contributed by atoms with Gasteiger partial charge < -0.3 is 24.3 Å². The molecule has 10 nitrogen and oxygen atoms in total. The summed E-state index contributed by atoms with van der Waals surface area (Å²) in [6, 6.07) is 13.4. The number of aromatic hydroxyl groups is 1. The van der Waals surface area contributed by atoms with Gasteiger partial charge in [-0.3, -0.25) is 14.5 Å². The van der Waals surface area contributed by atoms with Crippen molar-refractivity contribution >= 4 is 37.6 Å². The first-order chi connectivity index (χ1) is 23.0. The lowest BCUT2D eigenvalue weighted by Crippen LogP contribution is -2.32. The number of benzene rings is 3. The van der Waals surface area contributed by atoms with Gasteiger partial charge in [-0.1, -0.05) is 36.4 Å². The van der Waals surface area contributed by atoms with Crippen molar-refractivity contribution in [2.45, 2.75) is 31.5 Å². The number of carbonyl (C=O) groups is 1. The lowest BCUT2D eigenvalue weighted by Gasteiger charge is -2.15. The minimum absolute atomic E-state index is 0.0638. The van der Waals surface area contributed by atoms with Crippen LogP contribution in [0.25, 0.3) is 32.9 Å². The van der Waals surface area contributed by atoms with E-state index in [4.69, 9.17) is 14.2 Å². The quantitative estimate of drug-likeness (QED) is 0.133. The van der Waals surface area contributed by atoms with Crippen molar-refractivity contribution in [3.8, 4) is 34.4 Å². The lowest BCUT2D eigenvalue weighted by molar-refractivity contribution is -0.154. The van der Waals surface area contributed by atoms with Gasteiger partial charge in [0.25, 0.3) is 0 Å². The second kappa shape index (κ2) is 13.4. The van der Waals surface area contributed by atoms with E-state index < -0.39 is 64.6 Å². The van der Waals surface area contributed by atoms with Crippen molar-refractivity contribution in [3.63, 3.8) is 0 Å². The second-order valence-corrected chi connectivity index (χ2v) is 12.6. The first kappa shape index (κ1) is 35.1. The number of aromatic nitrogens is 2. The monoisotopic (exact) mass is 711 g/mol. The molecule has 2 heterocycles. The maximum atomic E-state index is 13.2. The molecule has 0 aliphatic rings. The number of fused-ring (bicyclic) bond motifs is 3. The SMILES string of the molecule is COc1ccccc1CC(=O)NS(=O)(=O)Cc1ccc(-c2[nH]c(OCC(F)(F)F)c3c2c(O)c(OCC(F)(F)F)c2cccnc23)c(C)c1. The molecule has 0 spiro atoms. The van der Waals surface area contributed by atoms with E-state index in [-0.39, 0.29) is 44.9 Å². The Labute approximate surface area is 274 Å². The summed E-state index contributed by atoms with van der Waals surface area (Å²) in [6.45, 7) is -2.00. The van der Waals surface area contributed by atoms with Gasteiger partial charge in [0, 0.05) is 22.7 Å². The zero-order valence-electron chi connectivity index (χ0n) is 25.6. The standard InChI is InChI=1S/C32H27F6N3O7S/c1-17-12-18(14-49(44,45)41-23(42)13-19-6-3-4-8-22(19)46-2)9-10-20(17)27-24-25(30(40-27)48-16-32(36,37)38)26-21(7-5-11-39-26)29(28(24)43)47-15-31(33,34)35/h3-12,40,43H,13-16H2,1-2H3,(H,41,42). The van der Waals surface area contributed by atoms with Crippen molar-refractivity contribution in [1.29, 1.82) is 0 Å². The fourth-order valence-corrected chi connectivity index (χ4v) is 6.43. The molecular weight excluding hydrogens is 684 g/mol. The number of rotatable bonds is 11. The van der Waals surface area contributed by atoms with E-state index in [9.17, 15) is 44.7 Å². The number of hydrogen-bond donors (Lipinski definition) is 3. The molecule has 17 heteroatoms. The van der Waals surface area contributed by atoms with E-state index in [2.05, 4.69) is 9.97 Å². The molecule has 49 heavy (non-hydrogen) atoms. The number of pyridine rings is 1. The number of phenols is 1. The number of phenolic OH excluding ortho intramolecular Hbond substituents is 1. The highest BCUT2D eigenvalue weighted by Gasteiger charge is 2.33. The van der Waals surface area contributed by atoms with Crippen LogP contribution >= 0.6 is 0 Å². The molecule has 3 N–H and O–H groups in total. The number of carbonyl (C=O) groups excluding carboxylic acids is 1. The van der Waals surface area contributed by atoms with Gasteiger partial charge in [0.2, 0.25) is 21.8 Å². The summed E-state index contributed by atoms with van der Waals surface area (Å²) in [5.74, 6) is -2.95. The van der Waals surface area contributed by atoms with Gasteiger partial charge in [0.05, 0.1) is 41.3 Å². The third kappa shape index (κ3) is 8.10.